The molecular weight excluding hydrogens is 278 g/mol. The molecule has 18 heavy (non-hydrogen) atoms. The zero-order valence-corrected chi connectivity index (χ0v) is 11.2. The minimum absolute atomic E-state index is 0.0974. The van der Waals surface area contributed by atoms with E-state index in [0.717, 1.165) is 0 Å². The Hall–Kier alpha value is -1.41. The Labute approximate surface area is 109 Å². The number of nitrogens with one attached hydrogen (secondary N) is 2. The van der Waals surface area contributed by atoms with Gasteiger partial charge in [0.1, 0.15) is 15.4 Å². The Morgan fingerprint density at radius 2 is 2.22 bits per heavy atom. The quantitative estimate of drug-likeness (QED) is 0.625. The second kappa shape index (κ2) is 5.07. The fraction of sp³-hybridized carbons (Fsp3) is 0.444. The number of fused-ring (bicyclic) bond motifs is 1. The summed E-state index contributed by atoms with van der Waals surface area (Å²) >= 11 is 5.75. The van der Waals surface area contributed by atoms with Crippen molar-refractivity contribution < 1.29 is 8.42 Å². The number of nitrogens with zero attached hydrogens (tertiary/aromatic N) is 3. The molecule has 7 nitrogen and oxygen atoms in total. The van der Waals surface area contributed by atoms with Crippen LogP contribution in [0.25, 0.3) is 11.2 Å². The van der Waals surface area contributed by atoms with E-state index in [4.69, 9.17) is 11.6 Å². The molecule has 0 aliphatic rings. The Balaban J connectivity index is 2.05. The predicted octanol–water partition coefficient (Wildman–Crippen LogP) is 0.853. The molecular formula is C9H12ClN5O2S. The van der Waals surface area contributed by atoms with Crippen molar-refractivity contribution in [2.24, 2.45) is 0 Å². The lowest BCUT2D eigenvalue weighted by molar-refractivity contribution is 0.600. The lowest BCUT2D eigenvalue weighted by atomic mass is 10.4. The van der Waals surface area contributed by atoms with Crippen LogP contribution in [0.1, 0.15) is 6.42 Å². The third-order valence-electron chi connectivity index (χ3n) is 2.24. The van der Waals surface area contributed by atoms with Crippen LogP contribution in [0, 0.1) is 0 Å². The summed E-state index contributed by atoms with van der Waals surface area (Å²) in [6, 6.07) is 0. The monoisotopic (exact) mass is 289 g/mol. The maximum absolute atomic E-state index is 11.0. The number of sulfone groups is 1. The molecule has 0 aromatic carbocycles. The molecule has 2 N–H and O–H groups in total. The van der Waals surface area contributed by atoms with E-state index in [1.165, 1.54) is 12.6 Å². The maximum Gasteiger partial charge on any atom is 0.226 e. The van der Waals surface area contributed by atoms with Crippen LogP contribution in [-0.4, -0.2) is 46.9 Å². The molecule has 2 rings (SSSR count). The van der Waals surface area contributed by atoms with Gasteiger partial charge in [-0.3, -0.25) is 0 Å². The zero-order chi connectivity index (χ0) is 13.2. The minimum Gasteiger partial charge on any atom is -0.368 e. The number of imidazole rings is 1. The Morgan fingerprint density at radius 1 is 1.44 bits per heavy atom. The summed E-state index contributed by atoms with van der Waals surface area (Å²) in [5.41, 5.74) is 1.12. The summed E-state index contributed by atoms with van der Waals surface area (Å²) in [6.45, 7) is 0.481. The van der Waals surface area contributed by atoms with Gasteiger partial charge in [-0.15, -0.1) is 0 Å². The van der Waals surface area contributed by atoms with Gasteiger partial charge in [0.25, 0.3) is 0 Å². The van der Waals surface area contributed by atoms with E-state index in [9.17, 15) is 8.42 Å². The zero-order valence-electron chi connectivity index (χ0n) is 9.64. The number of rotatable bonds is 5. The van der Waals surface area contributed by atoms with Crippen LogP contribution in [0.3, 0.4) is 0 Å². The number of aromatic nitrogens is 4. The summed E-state index contributed by atoms with van der Waals surface area (Å²) in [5.74, 6) is 0.654. The molecule has 2 heterocycles. The van der Waals surface area contributed by atoms with Crippen molar-refractivity contribution in [2.45, 2.75) is 6.42 Å². The summed E-state index contributed by atoms with van der Waals surface area (Å²) in [4.78, 5) is 14.8. The highest BCUT2D eigenvalue weighted by Crippen LogP contribution is 2.18. The van der Waals surface area contributed by atoms with Crippen LogP contribution in [0.2, 0.25) is 5.28 Å². The third kappa shape index (κ3) is 3.30. The average molecular weight is 290 g/mol. The molecule has 0 amide bonds. The lowest BCUT2D eigenvalue weighted by Crippen LogP contribution is -2.11. The largest absolute Gasteiger partial charge is 0.368 e. The van der Waals surface area contributed by atoms with E-state index >= 15 is 0 Å². The van der Waals surface area contributed by atoms with Crippen LogP contribution in [0.4, 0.5) is 5.82 Å². The highest BCUT2D eigenvalue weighted by atomic mass is 35.5. The number of hydrogen-bond donors (Lipinski definition) is 2. The van der Waals surface area contributed by atoms with E-state index < -0.39 is 9.84 Å². The number of anilines is 1. The van der Waals surface area contributed by atoms with Gasteiger partial charge >= 0.3 is 0 Å². The smallest absolute Gasteiger partial charge is 0.226 e. The first-order valence-electron chi connectivity index (χ1n) is 5.24. The first-order valence-corrected chi connectivity index (χ1v) is 7.68. The van der Waals surface area contributed by atoms with Gasteiger partial charge in [-0.1, -0.05) is 0 Å². The Morgan fingerprint density at radius 3 is 2.94 bits per heavy atom. The molecule has 2 aromatic heterocycles. The highest BCUT2D eigenvalue weighted by molar-refractivity contribution is 7.90. The van der Waals surface area contributed by atoms with E-state index in [2.05, 4.69) is 25.3 Å². The van der Waals surface area contributed by atoms with Gasteiger partial charge in [-0.05, 0) is 18.0 Å². The van der Waals surface area contributed by atoms with Crippen molar-refractivity contribution in [2.75, 3.05) is 23.9 Å². The molecule has 98 valence electrons. The Bertz CT molecular complexity index is 654. The lowest BCUT2D eigenvalue weighted by Gasteiger charge is -2.05. The van der Waals surface area contributed by atoms with Gasteiger partial charge < -0.3 is 10.3 Å². The van der Waals surface area contributed by atoms with E-state index in [-0.39, 0.29) is 11.0 Å². The van der Waals surface area contributed by atoms with Crippen molar-refractivity contribution in [3.05, 3.63) is 11.6 Å². The highest BCUT2D eigenvalue weighted by Gasteiger charge is 2.08. The standard InChI is InChI=1S/C9H12ClN5O2S/c1-18(16,17)4-2-3-11-7-6-8(13-5-12-6)15-9(10)14-7/h5H,2-4H2,1H3,(H2,11,12,13,14,15). The second-order valence-corrected chi connectivity index (χ2v) is 6.45. The topological polar surface area (TPSA) is 101 Å². The molecule has 0 radical (unpaired) electrons. The number of aromatic amines is 1. The van der Waals surface area contributed by atoms with Gasteiger partial charge in [0.05, 0.1) is 12.1 Å². The summed E-state index contributed by atoms with van der Waals surface area (Å²) < 4.78 is 22.0. The Kier molecular flexibility index (Phi) is 3.67. The number of hydrogen-bond acceptors (Lipinski definition) is 6. The van der Waals surface area contributed by atoms with Crippen molar-refractivity contribution in [3.8, 4) is 0 Å². The van der Waals surface area contributed by atoms with E-state index in [0.29, 0.717) is 29.9 Å². The molecule has 0 fully saturated rings. The van der Waals surface area contributed by atoms with Gasteiger partial charge in [0.15, 0.2) is 11.5 Å². The van der Waals surface area contributed by atoms with Crippen LogP contribution < -0.4 is 5.32 Å². The van der Waals surface area contributed by atoms with Crippen LogP contribution >= 0.6 is 11.6 Å². The van der Waals surface area contributed by atoms with Gasteiger partial charge in [-0.25, -0.2) is 13.4 Å². The normalized spacial score (nSPS) is 11.9. The van der Waals surface area contributed by atoms with Crippen LogP contribution in [0.5, 0.6) is 0 Å². The minimum atomic E-state index is -2.94. The van der Waals surface area contributed by atoms with Gasteiger partial charge in [0.2, 0.25) is 5.28 Å². The molecule has 0 atom stereocenters. The molecule has 0 saturated heterocycles. The van der Waals surface area contributed by atoms with Crippen LogP contribution in [-0.2, 0) is 9.84 Å². The maximum atomic E-state index is 11.0. The molecule has 0 aliphatic heterocycles. The number of H-pyrrole nitrogens is 1. The molecule has 0 aliphatic carbocycles. The second-order valence-electron chi connectivity index (χ2n) is 3.85. The first kappa shape index (κ1) is 13.0. The molecule has 0 bridgehead atoms. The predicted molar refractivity (Wildman–Crippen MR) is 69.5 cm³/mol. The van der Waals surface area contributed by atoms with Crippen molar-refractivity contribution in [1.29, 1.82) is 0 Å². The van der Waals surface area contributed by atoms with Gasteiger partial charge in [0, 0.05) is 12.8 Å². The van der Waals surface area contributed by atoms with E-state index in [1.807, 2.05) is 0 Å². The summed E-state index contributed by atoms with van der Waals surface area (Å²) in [5, 5.41) is 3.11. The van der Waals surface area contributed by atoms with Crippen molar-refractivity contribution in [3.63, 3.8) is 0 Å². The average Bonchev–Trinajstić information content (AvgIpc) is 2.70. The van der Waals surface area contributed by atoms with Gasteiger partial charge in [-0.2, -0.15) is 9.97 Å². The fourth-order valence-electron chi connectivity index (χ4n) is 1.48. The van der Waals surface area contributed by atoms with Crippen molar-refractivity contribution >= 4 is 38.4 Å². The molecule has 9 heteroatoms. The van der Waals surface area contributed by atoms with Crippen molar-refractivity contribution in [1.82, 2.24) is 19.9 Å². The summed E-state index contributed by atoms with van der Waals surface area (Å²) in [6.07, 6.45) is 3.20. The fourth-order valence-corrected chi connectivity index (χ4v) is 2.31. The first-order chi connectivity index (χ1) is 8.46. The molecule has 0 saturated carbocycles. The SMILES string of the molecule is CS(=O)(=O)CCCNc1nc(Cl)nc2nc[nH]c12. The third-order valence-corrected chi connectivity index (χ3v) is 3.44. The van der Waals surface area contributed by atoms with Crippen LogP contribution in [0.15, 0.2) is 6.33 Å². The molecule has 2 aromatic rings. The molecule has 0 unspecified atom stereocenters. The molecule has 0 spiro atoms. The van der Waals surface area contributed by atoms with E-state index in [1.54, 1.807) is 0 Å². The summed E-state index contributed by atoms with van der Waals surface area (Å²) in [7, 11) is -2.94. The number of halogens is 1.